The fourth-order valence-electron chi connectivity index (χ4n) is 5.39. The van der Waals surface area contributed by atoms with Crippen molar-refractivity contribution in [1.82, 2.24) is 0 Å². The molecule has 2 aromatic rings. The summed E-state index contributed by atoms with van der Waals surface area (Å²) in [5.41, 5.74) is 1.11. The Morgan fingerprint density at radius 1 is 1.14 bits per heavy atom. The number of aliphatic hydroxyl groups is 1. The fraction of sp³-hybridized carbons (Fsp3) is 0.500. The summed E-state index contributed by atoms with van der Waals surface area (Å²) < 4.78 is 34.5. The zero-order valence-electron chi connectivity index (χ0n) is 24.6. The van der Waals surface area contributed by atoms with Crippen LogP contribution in [0.3, 0.4) is 0 Å². The molecule has 1 saturated heterocycles. The number of carbonyl (C=O) groups is 2. The largest absolute Gasteiger partial charge is 0.497 e. The third-order valence-electron chi connectivity index (χ3n) is 7.35. The lowest BCUT2D eigenvalue weighted by Crippen LogP contribution is -2.38. The first-order chi connectivity index (χ1) is 20.0. The van der Waals surface area contributed by atoms with Gasteiger partial charge in [-0.05, 0) is 81.7 Å². The van der Waals surface area contributed by atoms with E-state index in [2.05, 4.69) is 0 Å². The summed E-state index contributed by atoms with van der Waals surface area (Å²) in [4.78, 5) is 25.3. The number of esters is 1. The molecule has 10 heteroatoms. The highest BCUT2D eigenvalue weighted by Crippen LogP contribution is 2.54. The number of ether oxygens (including phenoxy) is 6. The van der Waals surface area contributed by atoms with Crippen LogP contribution in [0.25, 0.3) is 0 Å². The van der Waals surface area contributed by atoms with E-state index in [0.717, 1.165) is 6.42 Å². The topological polar surface area (TPSA) is 130 Å². The molecule has 0 radical (unpaired) electrons. The number of hydrogen-bond acceptors (Lipinski definition) is 9. The minimum Gasteiger partial charge on any atom is -0.497 e. The van der Waals surface area contributed by atoms with Crippen LogP contribution in [0.15, 0.2) is 54.6 Å². The molecule has 6 atom stereocenters. The van der Waals surface area contributed by atoms with Crippen LogP contribution in [0.1, 0.15) is 72.2 Å². The first-order valence-electron chi connectivity index (χ1n) is 14.1. The zero-order valence-corrected chi connectivity index (χ0v) is 24.6. The zero-order chi connectivity index (χ0) is 30.4. The number of carboxylic acids is 1. The third-order valence-corrected chi connectivity index (χ3v) is 7.35. The molecule has 3 unspecified atom stereocenters. The van der Waals surface area contributed by atoms with Crippen LogP contribution in [0.4, 0.5) is 0 Å². The van der Waals surface area contributed by atoms with Gasteiger partial charge in [0.05, 0.1) is 24.9 Å². The van der Waals surface area contributed by atoms with Gasteiger partial charge in [-0.1, -0.05) is 24.3 Å². The van der Waals surface area contributed by atoms with Crippen molar-refractivity contribution >= 4 is 11.9 Å². The lowest BCUT2D eigenvalue weighted by Gasteiger charge is -2.25. The van der Waals surface area contributed by atoms with Gasteiger partial charge in [0, 0.05) is 13.2 Å². The number of carbonyl (C=O) groups excluding carboxylic acids is 1. The lowest BCUT2D eigenvalue weighted by atomic mass is 9.96. The fourth-order valence-corrected chi connectivity index (χ4v) is 5.39. The molecular formula is C32H40O10. The minimum absolute atomic E-state index is 0.0693. The summed E-state index contributed by atoms with van der Waals surface area (Å²) >= 11 is 0. The minimum atomic E-state index is -1.10. The van der Waals surface area contributed by atoms with Gasteiger partial charge in [-0.15, -0.1) is 0 Å². The number of methoxy groups -OCH3 is 2. The SMILES string of the molecule is COCOc1cc(OC)cc(C2CC2C[C@@H]2OC(C)(C)O[C@@H]2C(/C=C\C[C@H](C)O)OC(=O)c2ccccc2)c1C(=O)O. The monoisotopic (exact) mass is 584 g/mol. The Bertz CT molecular complexity index is 1260. The molecular weight excluding hydrogens is 544 g/mol. The predicted octanol–water partition coefficient (Wildman–Crippen LogP) is 4.94. The van der Waals surface area contributed by atoms with Gasteiger partial charge in [-0.2, -0.15) is 0 Å². The Morgan fingerprint density at radius 3 is 2.52 bits per heavy atom. The summed E-state index contributed by atoms with van der Waals surface area (Å²) in [5.74, 6) is -1.84. The maximum atomic E-state index is 13.0. The van der Waals surface area contributed by atoms with E-state index in [-0.39, 0.29) is 29.9 Å². The van der Waals surface area contributed by atoms with Gasteiger partial charge < -0.3 is 38.6 Å². The van der Waals surface area contributed by atoms with Crippen molar-refractivity contribution in [2.75, 3.05) is 21.0 Å². The Labute approximate surface area is 246 Å². The maximum absolute atomic E-state index is 13.0. The van der Waals surface area contributed by atoms with E-state index in [4.69, 9.17) is 28.4 Å². The Hall–Kier alpha value is -3.44. The Morgan fingerprint density at radius 2 is 1.88 bits per heavy atom. The molecule has 0 amide bonds. The second kappa shape index (κ2) is 13.7. The number of aliphatic hydroxyl groups excluding tert-OH is 1. The van der Waals surface area contributed by atoms with E-state index in [1.807, 2.05) is 19.9 Å². The molecule has 0 spiro atoms. The van der Waals surface area contributed by atoms with Gasteiger partial charge in [0.1, 0.15) is 29.3 Å². The molecule has 42 heavy (non-hydrogen) atoms. The number of hydrogen-bond donors (Lipinski definition) is 2. The average Bonchev–Trinajstić information content (AvgIpc) is 3.64. The van der Waals surface area contributed by atoms with Crippen molar-refractivity contribution < 1.29 is 48.2 Å². The standard InChI is InChI=1S/C32H40O10/c1-19(33)10-9-13-25(40-31(36)20-11-7-6-8-12-20)29-27(41-32(2,3)42-29)15-21-14-23(21)24-16-22(38-5)17-26(39-18-37-4)28(24)30(34)35/h6-9,11-13,16-17,19,21,23,25,27,29,33H,10,14-15,18H2,1-5H3,(H,34,35)/b13-9-/t19-,21?,23?,25?,27-,29+/m0/s1. The molecule has 10 nitrogen and oxygen atoms in total. The first-order valence-corrected chi connectivity index (χ1v) is 14.1. The van der Waals surface area contributed by atoms with Gasteiger partial charge in [-0.3, -0.25) is 0 Å². The summed E-state index contributed by atoms with van der Waals surface area (Å²) in [6.07, 6.45) is 2.78. The highest BCUT2D eigenvalue weighted by Gasteiger charge is 2.51. The molecule has 4 rings (SSSR count). The number of rotatable bonds is 14. The van der Waals surface area contributed by atoms with E-state index < -0.39 is 42.1 Å². The Kier molecular flexibility index (Phi) is 10.3. The van der Waals surface area contributed by atoms with E-state index in [1.54, 1.807) is 55.5 Å². The van der Waals surface area contributed by atoms with Crippen LogP contribution in [-0.2, 0) is 18.9 Å². The van der Waals surface area contributed by atoms with Gasteiger partial charge in [0.25, 0.3) is 0 Å². The summed E-state index contributed by atoms with van der Waals surface area (Å²) in [5, 5.41) is 19.8. The molecule has 0 bridgehead atoms. The summed E-state index contributed by atoms with van der Waals surface area (Å²) in [7, 11) is 2.98. The molecule has 1 aliphatic heterocycles. The molecule has 2 fully saturated rings. The van der Waals surface area contributed by atoms with Crippen molar-refractivity contribution in [2.24, 2.45) is 5.92 Å². The summed E-state index contributed by atoms with van der Waals surface area (Å²) in [6, 6.07) is 12.0. The second-order valence-electron chi connectivity index (χ2n) is 11.2. The van der Waals surface area contributed by atoms with Crippen LogP contribution in [-0.4, -0.2) is 73.4 Å². The number of carboxylic acid groups (broad SMARTS) is 1. The van der Waals surface area contributed by atoms with E-state index in [0.29, 0.717) is 29.7 Å². The molecule has 228 valence electrons. The number of benzene rings is 2. The van der Waals surface area contributed by atoms with E-state index in [9.17, 15) is 19.8 Å². The van der Waals surface area contributed by atoms with Gasteiger partial charge in [0.2, 0.25) is 0 Å². The normalized spacial score (nSPS) is 24.2. The molecule has 2 aliphatic rings. The molecule has 0 aromatic heterocycles. The molecule has 2 aromatic carbocycles. The van der Waals surface area contributed by atoms with Gasteiger partial charge in [-0.25, -0.2) is 9.59 Å². The van der Waals surface area contributed by atoms with Crippen LogP contribution >= 0.6 is 0 Å². The van der Waals surface area contributed by atoms with E-state index in [1.165, 1.54) is 14.2 Å². The van der Waals surface area contributed by atoms with Crippen molar-refractivity contribution in [2.45, 2.75) is 76.2 Å². The maximum Gasteiger partial charge on any atom is 0.339 e. The highest BCUT2D eigenvalue weighted by atomic mass is 16.8. The smallest absolute Gasteiger partial charge is 0.339 e. The van der Waals surface area contributed by atoms with Crippen LogP contribution in [0.5, 0.6) is 11.5 Å². The molecule has 1 aliphatic carbocycles. The predicted molar refractivity (Wildman–Crippen MR) is 153 cm³/mol. The highest BCUT2D eigenvalue weighted by molar-refractivity contribution is 5.93. The van der Waals surface area contributed by atoms with Crippen LogP contribution < -0.4 is 9.47 Å². The first kappa shape index (κ1) is 31.5. The quantitative estimate of drug-likeness (QED) is 0.179. The molecule has 2 N–H and O–H groups in total. The number of aromatic carboxylic acids is 1. The van der Waals surface area contributed by atoms with Crippen LogP contribution in [0, 0.1) is 5.92 Å². The van der Waals surface area contributed by atoms with E-state index >= 15 is 0 Å². The van der Waals surface area contributed by atoms with Crippen molar-refractivity contribution in [3.63, 3.8) is 0 Å². The van der Waals surface area contributed by atoms with Crippen LogP contribution in [0.2, 0.25) is 0 Å². The van der Waals surface area contributed by atoms with Gasteiger partial charge >= 0.3 is 11.9 Å². The third kappa shape index (κ3) is 7.89. The van der Waals surface area contributed by atoms with Gasteiger partial charge in [0.15, 0.2) is 12.6 Å². The average molecular weight is 585 g/mol. The second-order valence-corrected chi connectivity index (χ2v) is 11.2. The molecule has 1 heterocycles. The lowest BCUT2D eigenvalue weighted by molar-refractivity contribution is -0.153. The Balaban J connectivity index is 1.57. The van der Waals surface area contributed by atoms with Crippen molar-refractivity contribution in [3.05, 3.63) is 71.3 Å². The van der Waals surface area contributed by atoms with Crippen molar-refractivity contribution in [3.8, 4) is 11.5 Å². The van der Waals surface area contributed by atoms with Crippen molar-refractivity contribution in [1.29, 1.82) is 0 Å². The summed E-state index contributed by atoms with van der Waals surface area (Å²) in [6.45, 7) is 5.20. The molecule has 1 saturated carbocycles.